The molecule has 3 aromatic rings. The molecule has 1 aliphatic rings. The Balaban J connectivity index is 1.48. The SMILES string of the molecule is O=C(CC(Sc1ncc(C(=O)c2cccs2)cn1)C(=O)c1ccc(Cl)cc1)OC(=O)[C@@H]1CCCN1. The number of esters is 2. The molecule has 1 unspecified atom stereocenters. The van der Waals surface area contributed by atoms with Gasteiger partial charge in [-0.25, -0.2) is 14.8 Å². The van der Waals surface area contributed by atoms with Gasteiger partial charge in [-0.15, -0.1) is 11.3 Å². The van der Waals surface area contributed by atoms with Crippen molar-refractivity contribution in [1.82, 2.24) is 15.3 Å². The van der Waals surface area contributed by atoms with Gasteiger partial charge < -0.3 is 10.1 Å². The summed E-state index contributed by atoms with van der Waals surface area (Å²) in [5, 5.41) is 4.50. The predicted octanol–water partition coefficient (Wildman–Crippen LogP) is 3.98. The number of thioether (sulfide) groups is 1. The maximum Gasteiger partial charge on any atom is 0.330 e. The van der Waals surface area contributed by atoms with E-state index in [1.165, 1.54) is 23.7 Å². The quantitative estimate of drug-likeness (QED) is 0.144. The van der Waals surface area contributed by atoms with Crippen LogP contribution in [0.25, 0.3) is 0 Å². The lowest BCUT2D eigenvalue weighted by atomic mass is 10.1. The summed E-state index contributed by atoms with van der Waals surface area (Å²) in [7, 11) is 0. The summed E-state index contributed by atoms with van der Waals surface area (Å²) >= 11 is 8.20. The van der Waals surface area contributed by atoms with E-state index >= 15 is 0 Å². The fourth-order valence-corrected chi connectivity index (χ4v) is 5.18. The molecule has 1 aliphatic heterocycles. The first-order valence-corrected chi connectivity index (χ1v) is 12.9. The van der Waals surface area contributed by atoms with Crippen LogP contribution in [0.15, 0.2) is 59.3 Å². The van der Waals surface area contributed by atoms with Crippen LogP contribution in [0.2, 0.25) is 5.02 Å². The lowest BCUT2D eigenvalue weighted by molar-refractivity contribution is -0.160. The molecule has 1 aromatic carbocycles. The molecular formula is C24H20ClN3O5S2. The van der Waals surface area contributed by atoms with Crippen LogP contribution in [0.1, 0.15) is 44.9 Å². The van der Waals surface area contributed by atoms with E-state index < -0.39 is 23.2 Å². The van der Waals surface area contributed by atoms with Gasteiger partial charge in [0.1, 0.15) is 6.04 Å². The summed E-state index contributed by atoms with van der Waals surface area (Å²) in [5.74, 6) is -2.03. The Hall–Kier alpha value is -2.92. The molecule has 0 aliphatic carbocycles. The Kier molecular flexibility index (Phi) is 8.40. The van der Waals surface area contributed by atoms with E-state index in [9.17, 15) is 19.2 Å². The predicted molar refractivity (Wildman–Crippen MR) is 132 cm³/mol. The van der Waals surface area contributed by atoms with Gasteiger partial charge in [-0.3, -0.25) is 14.4 Å². The number of rotatable bonds is 9. The van der Waals surface area contributed by atoms with E-state index in [1.54, 1.807) is 41.8 Å². The molecule has 4 rings (SSSR count). The van der Waals surface area contributed by atoms with Gasteiger partial charge in [-0.1, -0.05) is 29.4 Å². The molecule has 0 bridgehead atoms. The monoisotopic (exact) mass is 529 g/mol. The Morgan fingerprint density at radius 2 is 1.86 bits per heavy atom. The van der Waals surface area contributed by atoms with Gasteiger partial charge in [0.25, 0.3) is 0 Å². The number of thiophene rings is 1. The van der Waals surface area contributed by atoms with Crippen molar-refractivity contribution in [2.24, 2.45) is 0 Å². The number of Topliss-reactive ketones (excluding diaryl/α,β-unsaturated/α-hetero) is 1. The fourth-order valence-electron chi connectivity index (χ4n) is 3.42. The molecule has 1 fully saturated rings. The van der Waals surface area contributed by atoms with Crippen molar-refractivity contribution < 1.29 is 23.9 Å². The van der Waals surface area contributed by atoms with Gasteiger partial charge in [0, 0.05) is 23.0 Å². The molecule has 11 heteroatoms. The normalized spacial score (nSPS) is 16.0. The zero-order valence-corrected chi connectivity index (χ0v) is 20.7. The van der Waals surface area contributed by atoms with Crippen LogP contribution >= 0.6 is 34.7 Å². The van der Waals surface area contributed by atoms with Crippen molar-refractivity contribution in [3.8, 4) is 0 Å². The van der Waals surface area contributed by atoms with Crippen molar-refractivity contribution in [2.75, 3.05) is 6.54 Å². The molecule has 2 aromatic heterocycles. The van der Waals surface area contributed by atoms with Crippen molar-refractivity contribution in [1.29, 1.82) is 0 Å². The van der Waals surface area contributed by atoms with E-state index in [0.717, 1.165) is 18.2 Å². The summed E-state index contributed by atoms with van der Waals surface area (Å²) in [5.41, 5.74) is 0.652. The molecule has 0 spiro atoms. The molecule has 1 saturated heterocycles. The topological polar surface area (TPSA) is 115 Å². The molecule has 1 N–H and O–H groups in total. The number of hydrogen-bond acceptors (Lipinski definition) is 10. The number of nitrogens with one attached hydrogen (secondary N) is 1. The molecule has 3 heterocycles. The number of carbonyl (C=O) groups excluding carboxylic acids is 4. The first-order chi connectivity index (χ1) is 16.9. The Bertz CT molecular complexity index is 1210. The molecule has 0 amide bonds. The minimum atomic E-state index is -0.952. The van der Waals surface area contributed by atoms with Gasteiger partial charge in [0.2, 0.25) is 5.78 Å². The summed E-state index contributed by atoms with van der Waals surface area (Å²) in [6, 6.07) is 9.24. The number of aromatic nitrogens is 2. The van der Waals surface area contributed by atoms with E-state index in [2.05, 4.69) is 15.3 Å². The van der Waals surface area contributed by atoms with Crippen LogP contribution in [-0.2, 0) is 14.3 Å². The molecule has 2 atom stereocenters. The molecule has 8 nitrogen and oxygen atoms in total. The number of benzene rings is 1. The minimum Gasteiger partial charge on any atom is -0.392 e. The van der Waals surface area contributed by atoms with E-state index in [0.29, 0.717) is 34.0 Å². The number of hydrogen-bond donors (Lipinski definition) is 1. The third-order valence-electron chi connectivity index (χ3n) is 5.22. The van der Waals surface area contributed by atoms with Crippen molar-refractivity contribution in [2.45, 2.75) is 35.7 Å². The fraction of sp³-hybridized carbons (Fsp3) is 0.250. The second-order valence-corrected chi connectivity index (χ2v) is 10.2. The number of ether oxygens (including phenoxy) is 1. The van der Waals surface area contributed by atoms with Crippen molar-refractivity contribution in [3.05, 3.63) is 75.2 Å². The van der Waals surface area contributed by atoms with Crippen LogP contribution in [0.3, 0.4) is 0 Å². The van der Waals surface area contributed by atoms with E-state index in [4.69, 9.17) is 16.3 Å². The standard InChI is InChI=1S/C24H20ClN3O5S2/c25-16-7-5-14(6-8-16)21(30)19(11-20(29)33-23(32)17-3-1-9-26-17)35-24-27-12-15(13-28-24)22(31)18-4-2-10-34-18/h2,4-8,10,12-13,17,19,26H,1,3,9,11H2/t17-,19?/m0/s1. The highest BCUT2D eigenvalue weighted by Crippen LogP contribution is 2.27. The maximum absolute atomic E-state index is 13.2. The molecule has 0 radical (unpaired) electrons. The Labute approximate surface area is 214 Å². The second kappa shape index (κ2) is 11.7. The van der Waals surface area contributed by atoms with Gasteiger partial charge >= 0.3 is 11.9 Å². The van der Waals surface area contributed by atoms with Crippen LogP contribution in [0.5, 0.6) is 0 Å². The lowest BCUT2D eigenvalue weighted by Gasteiger charge is -2.15. The summed E-state index contributed by atoms with van der Waals surface area (Å²) in [4.78, 5) is 59.4. The van der Waals surface area contributed by atoms with Crippen LogP contribution in [-0.4, -0.2) is 51.3 Å². The largest absolute Gasteiger partial charge is 0.392 e. The highest BCUT2D eigenvalue weighted by molar-refractivity contribution is 8.00. The number of carbonyl (C=O) groups is 4. The van der Waals surface area contributed by atoms with Gasteiger partial charge in [0.15, 0.2) is 10.9 Å². The van der Waals surface area contributed by atoms with E-state index in [1.807, 2.05) is 0 Å². The average molecular weight is 530 g/mol. The zero-order valence-electron chi connectivity index (χ0n) is 18.3. The number of ketones is 2. The summed E-state index contributed by atoms with van der Waals surface area (Å²) in [6.07, 6.45) is 3.83. The molecule has 35 heavy (non-hydrogen) atoms. The average Bonchev–Trinajstić information content (AvgIpc) is 3.58. The van der Waals surface area contributed by atoms with Crippen LogP contribution < -0.4 is 5.32 Å². The van der Waals surface area contributed by atoms with Gasteiger partial charge in [-0.2, -0.15) is 0 Å². The highest BCUT2D eigenvalue weighted by atomic mass is 35.5. The summed E-state index contributed by atoms with van der Waals surface area (Å²) < 4.78 is 4.99. The highest BCUT2D eigenvalue weighted by Gasteiger charge is 2.30. The third-order valence-corrected chi connectivity index (χ3v) is 7.42. The Morgan fingerprint density at radius 3 is 2.49 bits per heavy atom. The first-order valence-electron chi connectivity index (χ1n) is 10.8. The second-order valence-electron chi connectivity index (χ2n) is 7.68. The Morgan fingerprint density at radius 1 is 1.11 bits per heavy atom. The lowest BCUT2D eigenvalue weighted by Crippen LogP contribution is -2.34. The van der Waals surface area contributed by atoms with Crippen LogP contribution in [0.4, 0.5) is 0 Å². The number of halogens is 1. The minimum absolute atomic E-state index is 0.201. The zero-order chi connectivity index (χ0) is 24.8. The van der Waals surface area contributed by atoms with E-state index in [-0.39, 0.29) is 23.1 Å². The van der Waals surface area contributed by atoms with Gasteiger partial charge in [-0.05, 0) is 55.1 Å². The van der Waals surface area contributed by atoms with Crippen LogP contribution in [0, 0.1) is 0 Å². The summed E-state index contributed by atoms with van der Waals surface area (Å²) in [6.45, 7) is 0.684. The smallest absolute Gasteiger partial charge is 0.330 e. The van der Waals surface area contributed by atoms with Gasteiger partial charge in [0.05, 0.1) is 22.1 Å². The molecule has 180 valence electrons. The molecule has 0 saturated carbocycles. The first kappa shape index (κ1) is 25.2. The van der Waals surface area contributed by atoms with Crippen molar-refractivity contribution >= 4 is 58.2 Å². The maximum atomic E-state index is 13.2. The van der Waals surface area contributed by atoms with Crippen molar-refractivity contribution in [3.63, 3.8) is 0 Å². The molecular weight excluding hydrogens is 510 g/mol. The number of nitrogens with zero attached hydrogens (tertiary/aromatic N) is 2. The third kappa shape index (κ3) is 6.61.